The first-order valence-corrected chi connectivity index (χ1v) is 5.43. The van der Waals surface area contributed by atoms with Gasteiger partial charge in [0.1, 0.15) is 5.82 Å². The Morgan fingerprint density at radius 3 is 3.07 bits per heavy atom. The Kier molecular flexibility index (Phi) is 3.44. The zero-order chi connectivity index (χ0) is 10.7. The molecule has 0 radical (unpaired) electrons. The second kappa shape index (κ2) is 4.81. The SMILES string of the molecule is Fc1ccc(Cl)c(NC2CCCOC2)c1. The third-order valence-electron chi connectivity index (χ3n) is 2.45. The van der Waals surface area contributed by atoms with E-state index in [0.29, 0.717) is 17.3 Å². The molecule has 2 nitrogen and oxygen atoms in total. The van der Waals surface area contributed by atoms with Crippen molar-refractivity contribution in [2.75, 3.05) is 18.5 Å². The van der Waals surface area contributed by atoms with Gasteiger partial charge in [0.15, 0.2) is 0 Å². The maximum atomic E-state index is 13.0. The Hall–Kier alpha value is -0.800. The topological polar surface area (TPSA) is 21.3 Å². The molecule has 0 aliphatic carbocycles. The smallest absolute Gasteiger partial charge is 0.125 e. The molecule has 1 saturated heterocycles. The minimum Gasteiger partial charge on any atom is -0.379 e. The van der Waals surface area contributed by atoms with Gasteiger partial charge in [-0.25, -0.2) is 4.39 Å². The van der Waals surface area contributed by atoms with Crippen LogP contribution in [0.3, 0.4) is 0 Å². The molecule has 15 heavy (non-hydrogen) atoms. The maximum absolute atomic E-state index is 13.0. The average molecular weight is 230 g/mol. The van der Waals surface area contributed by atoms with Crippen LogP contribution in [-0.4, -0.2) is 19.3 Å². The summed E-state index contributed by atoms with van der Waals surface area (Å²) in [5, 5.41) is 3.74. The molecule has 82 valence electrons. The molecule has 0 bridgehead atoms. The Labute approximate surface area is 93.4 Å². The largest absolute Gasteiger partial charge is 0.379 e. The zero-order valence-electron chi connectivity index (χ0n) is 8.30. The van der Waals surface area contributed by atoms with Crippen molar-refractivity contribution in [1.82, 2.24) is 0 Å². The number of rotatable bonds is 2. The third kappa shape index (κ3) is 2.83. The summed E-state index contributed by atoms with van der Waals surface area (Å²) in [7, 11) is 0. The molecule has 0 aromatic heterocycles. The number of anilines is 1. The fourth-order valence-corrected chi connectivity index (χ4v) is 1.85. The van der Waals surface area contributed by atoms with E-state index in [1.807, 2.05) is 0 Å². The summed E-state index contributed by atoms with van der Waals surface area (Å²) < 4.78 is 18.3. The van der Waals surface area contributed by atoms with Crippen LogP contribution in [0.5, 0.6) is 0 Å². The summed E-state index contributed by atoms with van der Waals surface area (Å²) in [6, 6.07) is 4.56. The predicted molar refractivity (Wildman–Crippen MR) is 58.9 cm³/mol. The van der Waals surface area contributed by atoms with E-state index in [0.717, 1.165) is 19.4 Å². The van der Waals surface area contributed by atoms with E-state index in [1.54, 1.807) is 6.07 Å². The molecule has 0 amide bonds. The number of nitrogens with one attached hydrogen (secondary N) is 1. The van der Waals surface area contributed by atoms with Crippen LogP contribution in [0, 0.1) is 5.82 Å². The highest BCUT2D eigenvalue weighted by Crippen LogP contribution is 2.24. The summed E-state index contributed by atoms with van der Waals surface area (Å²) in [4.78, 5) is 0. The molecule has 1 atom stereocenters. The van der Waals surface area contributed by atoms with E-state index in [9.17, 15) is 4.39 Å². The van der Waals surface area contributed by atoms with Crippen LogP contribution in [0.2, 0.25) is 5.02 Å². The highest BCUT2D eigenvalue weighted by atomic mass is 35.5. The minimum absolute atomic E-state index is 0.234. The van der Waals surface area contributed by atoms with Gasteiger partial charge < -0.3 is 10.1 Å². The highest BCUT2D eigenvalue weighted by molar-refractivity contribution is 6.33. The predicted octanol–water partition coefficient (Wildman–Crippen LogP) is 3.07. The summed E-state index contributed by atoms with van der Waals surface area (Å²) in [6.45, 7) is 1.47. The van der Waals surface area contributed by atoms with Crippen molar-refractivity contribution >= 4 is 17.3 Å². The zero-order valence-corrected chi connectivity index (χ0v) is 9.06. The molecule has 1 aliphatic heterocycles. The van der Waals surface area contributed by atoms with Crippen molar-refractivity contribution in [3.63, 3.8) is 0 Å². The van der Waals surface area contributed by atoms with Crippen LogP contribution in [0.4, 0.5) is 10.1 Å². The fraction of sp³-hybridized carbons (Fsp3) is 0.455. The third-order valence-corrected chi connectivity index (χ3v) is 2.78. The van der Waals surface area contributed by atoms with Gasteiger partial charge in [-0.15, -0.1) is 0 Å². The van der Waals surface area contributed by atoms with Gasteiger partial charge in [0.05, 0.1) is 17.3 Å². The number of halogens is 2. The van der Waals surface area contributed by atoms with Crippen molar-refractivity contribution in [1.29, 1.82) is 0 Å². The van der Waals surface area contributed by atoms with E-state index >= 15 is 0 Å². The van der Waals surface area contributed by atoms with Gasteiger partial charge in [-0.1, -0.05) is 11.6 Å². The second-order valence-corrected chi connectivity index (χ2v) is 4.09. The Morgan fingerprint density at radius 1 is 1.47 bits per heavy atom. The standard InChI is InChI=1S/C11H13ClFNO/c12-10-4-3-8(13)6-11(10)14-9-2-1-5-15-7-9/h3-4,6,9,14H,1-2,5,7H2. The fourth-order valence-electron chi connectivity index (χ4n) is 1.68. The van der Waals surface area contributed by atoms with Crippen molar-refractivity contribution < 1.29 is 9.13 Å². The molecule has 1 aromatic rings. The van der Waals surface area contributed by atoms with E-state index in [2.05, 4.69) is 5.32 Å². The number of hydrogen-bond donors (Lipinski definition) is 1. The van der Waals surface area contributed by atoms with Gasteiger partial charge in [0.2, 0.25) is 0 Å². The molecule has 1 fully saturated rings. The van der Waals surface area contributed by atoms with Crippen LogP contribution in [0.15, 0.2) is 18.2 Å². The molecule has 4 heteroatoms. The summed E-state index contributed by atoms with van der Waals surface area (Å²) in [6.07, 6.45) is 2.07. The lowest BCUT2D eigenvalue weighted by Crippen LogP contribution is -2.30. The van der Waals surface area contributed by atoms with Gasteiger partial charge in [-0.2, -0.15) is 0 Å². The van der Waals surface area contributed by atoms with Crippen LogP contribution in [0.1, 0.15) is 12.8 Å². The number of hydrogen-bond acceptors (Lipinski definition) is 2. The Balaban J connectivity index is 2.05. The van der Waals surface area contributed by atoms with Gasteiger partial charge >= 0.3 is 0 Å². The van der Waals surface area contributed by atoms with Gasteiger partial charge in [0, 0.05) is 12.6 Å². The van der Waals surface area contributed by atoms with Crippen molar-refractivity contribution in [3.05, 3.63) is 29.0 Å². The van der Waals surface area contributed by atoms with Crippen molar-refractivity contribution in [2.24, 2.45) is 0 Å². The molecule has 0 spiro atoms. The van der Waals surface area contributed by atoms with E-state index < -0.39 is 0 Å². The van der Waals surface area contributed by atoms with Gasteiger partial charge in [0.25, 0.3) is 0 Å². The monoisotopic (exact) mass is 229 g/mol. The first-order chi connectivity index (χ1) is 7.25. The van der Waals surface area contributed by atoms with Gasteiger partial charge in [-0.05, 0) is 31.0 Å². The quantitative estimate of drug-likeness (QED) is 0.842. The van der Waals surface area contributed by atoms with Crippen molar-refractivity contribution in [3.8, 4) is 0 Å². The molecule has 2 rings (SSSR count). The summed E-state index contributed by atoms with van der Waals surface area (Å²) in [5.74, 6) is -0.279. The normalized spacial score (nSPS) is 21.3. The molecule has 1 aliphatic rings. The second-order valence-electron chi connectivity index (χ2n) is 3.68. The van der Waals surface area contributed by atoms with Crippen molar-refractivity contribution in [2.45, 2.75) is 18.9 Å². The molecule has 0 saturated carbocycles. The average Bonchev–Trinajstić information content (AvgIpc) is 2.25. The summed E-state index contributed by atoms with van der Waals surface area (Å²) >= 11 is 5.95. The van der Waals surface area contributed by atoms with E-state index in [-0.39, 0.29) is 11.9 Å². The number of benzene rings is 1. The minimum atomic E-state index is -0.279. The lowest BCUT2D eigenvalue weighted by molar-refractivity contribution is 0.0876. The van der Waals surface area contributed by atoms with Crippen LogP contribution >= 0.6 is 11.6 Å². The molecule has 1 unspecified atom stereocenters. The number of ether oxygens (including phenoxy) is 1. The van der Waals surface area contributed by atoms with E-state index in [1.165, 1.54) is 12.1 Å². The molecule has 1 heterocycles. The maximum Gasteiger partial charge on any atom is 0.125 e. The molecular weight excluding hydrogens is 217 g/mol. The Bertz CT molecular complexity index is 339. The highest BCUT2D eigenvalue weighted by Gasteiger charge is 2.14. The molecule has 1 N–H and O–H groups in total. The lowest BCUT2D eigenvalue weighted by atomic mass is 10.1. The van der Waals surface area contributed by atoms with Crippen LogP contribution in [-0.2, 0) is 4.74 Å². The summed E-state index contributed by atoms with van der Waals surface area (Å²) in [5.41, 5.74) is 0.646. The van der Waals surface area contributed by atoms with E-state index in [4.69, 9.17) is 16.3 Å². The first kappa shape index (κ1) is 10.7. The first-order valence-electron chi connectivity index (χ1n) is 5.05. The lowest BCUT2D eigenvalue weighted by Gasteiger charge is -2.24. The molecule has 1 aromatic carbocycles. The van der Waals surface area contributed by atoms with Crippen LogP contribution < -0.4 is 5.32 Å². The molecular formula is C11H13ClFNO. The van der Waals surface area contributed by atoms with Crippen LogP contribution in [0.25, 0.3) is 0 Å². The Morgan fingerprint density at radius 2 is 2.33 bits per heavy atom. The van der Waals surface area contributed by atoms with Gasteiger partial charge in [-0.3, -0.25) is 0 Å².